The molecule has 0 spiro atoms. The largest absolute Gasteiger partial charge is 0.324 e. The lowest BCUT2D eigenvalue weighted by molar-refractivity contribution is -0.114. The third-order valence-electron chi connectivity index (χ3n) is 2.89. The van der Waals surface area contributed by atoms with Crippen LogP contribution < -0.4 is 5.32 Å². The van der Waals surface area contributed by atoms with Gasteiger partial charge >= 0.3 is 0 Å². The molecule has 2 aromatic carbocycles. The summed E-state index contributed by atoms with van der Waals surface area (Å²) >= 11 is 5.83. The highest BCUT2D eigenvalue weighted by atomic mass is 32.2. The lowest BCUT2D eigenvalue weighted by atomic mass is 10.3. The molecule has 1 heterocycles. The van der Waals surface area contributed by atoms with Crippen molar-refractivity contribution in [2.45, 2.75) is 15.0 Å². The number of amides is 1. The SMILES string of the molecule is O=C(Nc1ccccc1S)C1C=Nc2ccccc2S1. The maximum absolute atomic E-state index is 12.3. The number of hydrogen-bond donors (Lipinski definition) is 2. The molecule has 0 fully saturated rings. The number of thiol groups is 1. The molecule has 3 nitrogen and oxygen atoms in total. The molecule has 100 valence electrons. The van der Waals surface area contributed by atoms with Gasteiger partial charge in [0, 0.05) is 16.0 Å². The smallest absolute Gasteiger partial charge is 0.243 e. The minimum atomic E-state index is -0.321. The van der Waals surface area contributed by atoms with Crippen LogP contribution in [0.15, 0.2) is 63.3 Å². The average molecular weight is 300 g/mol. The molecule has 0 saturated heterocycles. The van der Waals surface area contributed by atoms with Crippen LogP contribution in [0, 0.1) is 0 Å². The lowest BCUT2D eigenvalue weighted by Gasteiger charge is -2.18. The number of carbonyl (C=O) groups is 1. The van der Waals surface area contributed by atoms with E-state index in [9.17, 15) is 4.79 Å². The molecule has 1 aliphatic rings. The molecule has 0 aliphatic carbocycles. The minimum absolute atomic E-state index is 0.0882. The van der Waals surface area contributed by atoms with Crippen LogP contribution in [0.2, 0.25) is 0 Å². The standard InChI is InChI=1S/C15H12N2OS2/c18-15(17-10-5-1-3-7-12(10)19)14-9-16-11-6-2-4-8-13(11)20-14/h1-9,14,19H,(H,17,18). The van der Waals surface area contributed by atoms with Gasteiger partial charge in [-0.05, 0) is 24.3 Å². The van der Waals surface area contributed by atoms with Gasteiger partial charge in [0.15, 0.2) is 0 Å². The van der Waals surface area contributed by atoms with Crippen molar-refractivity contribution in [3.05, 3.63) is 48.5 Å². The molecule has 1 atom stereocenters. The summed E-state index contributed by atoms with van der Waals surface area (Å²) in [6.45, 7) is 0. The van der Waals surface area contributed by atoms with Crippen LogP contribution in [-0.4, -0.2) is 17.4 Å². The molecule has 5 heteroatoms. The van der Waals surface area contributed by atoms with Crippen molar-refractivity contribution in [1.82, 2.24) is 0 Å². The van der Waals surface area contributed by atoms with Crippen LogP contribution in [0.4, 0.5) is 11.4 Å². The molecule has 1 aliphatic heterocycles. The van der Waals surface area contributed by atoms with Crippen LogP contribution >= 0.6 is 24.4 Å². The molecule has 1 unspecified atom stereocenters. The van der Waals surface area contributed by atoms with Crippen LogP contribution in [0.3, 0.4) is 0 Å². The van der Waals surface area contributed by atoms with Crippen molar-refractivity contribution in [1.29, 1.82) is 0 Å². The van der Waals surface area contributed by atoms with Gasteiger partial charge in [-0.15, -0.1) is 24.4 Å². The fourth-order valence-corrected chi connectivity index (χ4v) is 3.06. The zero-order valence-electron chi connectivity index (χ0n) is 10.5. The highest BCUT2D eigenvalue weighted by Gasteiger charge is 2.22. The molecule has 1 N–H and O–H groups in total. The molecule has 0 bridgehead atoms. The molecule has 20 heavy (non-hydrogen) atoms. The molecular weight excluding hydrogens is 288 g/mol. The Bertz CT molecular complexity index is 685. The lowest BCUT2D eigenvalue weighted by Crippen LogP contribution is -2.27. The van der Waals surface area contributed by atoms with E-state index >= 15 is 0 Å². The second kappa shape index (κ2) is 5.73. The first-order chi connectivity index (χ1) is 9.74. The summed E-state index contributed by atoms with van der Waals surface area (Å²) in [4.78, 5) is 18.4. The van der Waals surface area contributed by atoms with Crippen LogP contribution in [0.1, 0.15) is 0 Å². The van der Waals surface area contributed by atoms with E-state index in [4.69, 9.17) is 0 Å². The van der Waals surface area contributed by atoms with E-state index in [2.05, 4.69) is 22.9 Å². The monoisotopic (exact) mass is 300 g/mol. The Hall–Kier alpha value is -1.72. The molecule has 1 amide bonds. The maximum Gasteiger partial charge on any atom is 0.243 e. The van der Waals surface area contributed by atoms with Crippen LogP contribution in [-0.2, 0) is 4.79 Å². The Kier molecular flexibility index (Phi) is 3.80. The van der Waals surface area contributed by atoms with Crippen molar-refractivity contribution in [2.24, 2.45) is 4.99 Å². The van der Waals surface area contributed by atoms with E-state index < -0.39 is 0 Å². The highest BCUT2D eigenvalue weighted by molar-refractivity contribution is 8.01. The van der Waals surface area contributed by atoms with Gasteiger partial charge in [0.2, 0.25) is 5.91 Å². The van der Waals surface area contributed by atoms with Gasteiger partial charge in [-0.25, -0.2) is 0 Å². The number of carbonyl (C=O) groups excluding carboxylic acids is 1. The fraction of sp³-hybridized carbons (Fsp3) is 0.0667. The van der Waals surface area contributed by atoms with Gasteiger partial charge in [-0.3, -0.25) is 9.79 Å². The molecule has 3 rings (SSSR count). The third kappa shape index (κ3) is 2.73. The number of nitrogens with zero attached hydrogens (tertiary/aromatic N) is 1. The molecular formula is C15H12N2OS2. The Labute approximate surface area is 126 Å². The van der Waals surface area contributed by atoms with E-state index in [1.54, 1.807) is 6.21 Å². The van der Waals surface area contributed by atoms with E-state index in [-0.39, 0.29) is 11.2 Å². The maximum atomic E-state index is 12.3. The van der Waals surface area contributed by atoms with E-state index in [0.29, 0.717) is 5.69 Å². The van der Waals surface area contributed by atoms with Crippen LogP contribution in [0.5, 0.6) is 0 Å². The van der Waals surface area contributed by atoms with E-state index in [0.717, 1.165) is 15.5 Å². The van der Waals surface area contributed by atoms with Gasteiger partial charge in [0.1, 0.15) is 5.25 Å². The summed E-state index contributed by atoms with van der Waals surface area (Å²) in [5, 5.41) is 2.56. The van der Waals surface area contributed by atoms with E-state index in [1.165, 1.54) is 11.8 Å². The van der Waals surface area contributed by atoms with Crippen molar-refractivity contribution in [3.63, 3.8) is 0 Å². The number of thioether (sulfide) groups is 1. The van der Waals surface area contributed by atoms with Crippen LogP contribution in [0.25, 0.3) is 0 Å². The van der Waals surface area contributed by atoms with Gasteiger partial charge in [0.05, 0.1) is 11.4 Å². The predicted octanol–water partition coefficient (Wildman–Crippen LogP) is 3.79. The molecule has 0 radical (unpaired) electrons. The summed E-state index contributed by atoms with van der Waals surface area (Å²) in [7, 11) is 0. The second-order valence-electron chi connectivity index (χ2n) is 4.29. The topological polar surface area (TPSA) is 41.5 Å². The number of benzene rings is 2. The average Bonchev–Trinajstić information content (AvgIpc) is 2.49. The Balaban J connectivity index is 1.76. The summed E-state index contributed by atoms with van der Waals surface area (Å²) in [5.74, 6) is -0.0882. The van der Waals surface area contributed by atoms with Crippen molar-refractivity contribution in [2.75, 3.05) is 5.32 Å². The first-order valence-corrected chi connectivity index (χ1v) is 7.45. The zero-order chi connectivity index (χ0) is 13.9. The van der Waals surface area contributed by atoms with Gasteiger partial charge in [-0.2, -0.15) is 0 Å². The molecule has 0 saturated carbocycles. The zero-order valence-corrected chi connectivity index (χ0v) is 12.2. The van der Waals surface area contributed by atoms with Crippen molar-refractivity contribution < 1.29 is 4.79 Å². The summed E-state index contributed by atoms with van der Waals surface area (Å²) < 4.78 is 0. The Morgan fingerprint density at radius 1 is 1.15 bits per heavy atom. The van der Waals surface area contributed by atoms with Crippen molar-refractivity contribution >= 4 is 47.9 Å². The van der Waals surface area contributed by atoms with E-state index in [1.807, 2.05) is 48.5 Å². The first kappa shape index (κ1) is 13.3. The normalized spacial score (nSPS) is 16.6. The fourth-order valence-electron chi connectivity index (χ4n) is 1.88. The first-order valence-electron chi connectivity index (χ1n) is 6.13. The quantitative estimate of drug-likeness (QED) is 0.829. The van der Waals surface area contributed by atoms with Crippen molar-refractivity contribution in [3.8, 4) is 0 Å². The predicted molar refractivity (Wildman–Crippen MR) is 86.6 cm³/mol. The number of para-hydroxylation sites is 2. The summed E-state index contributed by atoms with van der Waals surface area (Å²) in [6.07, 6.45) is 1.68. The van der Waals surface area contributed by atoms with Gasteiger partial charge < -0.3 is 5.32 Å². The number of nitrogens with one attached hydrogen (secondary N) is 1. The number of rotatable bonds is 2. The molecule has 0 aromatic heterocycles. The number of fused-ring (bicyclic) bond motifs is 1. The highest BCUT2D eigenvalue weighted by Crippen LogP contribution is 2.35. The minimum Gasteiger partial charge on any atom is -0.324 e. The molecule has 2 aromatic rings. The number of aliphatic imine (C=N–C) groups is 1. The van der Waals surface area contributed by atoms with Gasteiger partial charge in [-0.1, -0.05) is 24.3 Å². The number of hydrogen-bond acceptors (Lipinski definition) is 4. The van der Waals surface area contributed by atoms with Gasteiger partial charge in [0.25, 0.3) is 0 Å². The summed E-state index contributed by atoms with van der Waals surface area (Å²) in [6, 6.07) is 15.2. The Morgan fingerprint density at radius 3 is 2.75 bits per heavy atom. The second-order valence-corrected chi connectivity index (χ2v) is 5.96. The number of anilines is 1. The third-order valence-corrected chi connectivity index (χ3v) is 4.47. The summed E-state index contributed by atoms with van der Waals surface area (Å²) in [5.41, 5.74) is 1.63. The Morgan fingerprint density at radius 2 is 1.90 bits per heavy atom.